The van der Waals surface area contributed by atoms with Crippen LogP contribution in [0.4, 0.5) is 10.5 Å². The molecule has 0 unspecified atom stereocenters. The zero-order valence-corrected chi connectivity index (χ0v) is 9.15. The molecule has 2 heterocycles. The van der Waals surface area contributed by atoms with Gasteiger partial charge in [0.15, 0.2) is 0 Å². The van der Waals surface area contributed by atoms with Gasteiger partial charge < -0.3 is 5.32 Å². The van der Waals surface area contributed by atoms with Gasteiger partial charge in [-0.3, -0.25) is 10.4 Å². The number of piperidine rings is 1. The Hall–Kier alpha value is -1.62. The fraction of sp³-hybridized carbons (Fsp3) is 0.455. The van der Waals surface area contributed by atoms with E-state index in [-0.39, 0.29) is 6.03 Å². The number of aromatic nitrogens is 1. The molecule has 2 rings (SSSR count). The average molecular weight is 220 g/mol. The predicted molar refractivity (Wildman–Crippen MR) is 61.8 cm³/mol. The van der Waals surface area contributed by atoms with Crippen molar-refractivity contribution in [2.75, 3.05) is 18.4 Å². The molecule has 2 N–H and O–H groups in total. The lowest BCUT2D eigenvalue weighted by Crippen LogP contribution is -2.46. The molecule has 0 saturated carbocycles. The Balaban J connectivity index is 1.80. The molecule has 0 bridgehead atoms. The SMILES string of the molecule is O=C(Nc1ccncc1)NN1CCCCC1. The first-order valence-corrected chi connectivity index (χ1v) is 5.57. The molecular formula is C11H16N4O. The summed E-state index contributed by atoms with van der Waals surface area (Å²) < 4.78 is 0. The topological polar surface area (TPSA) is 57.3 Å². The lowest BCUT2D eigenvalue weighted by Gasteiger charge is -2.26. The van der Waals surface area contributed by atoms with E-state index in [1.54, 1.807) is 24.5 Å². The van der Waals surface area contributed by atoms with E-state index in [0.29, 0.717) is 0 Å². The van der Waals surface area contributed by atoms with Crippen molar-refractivity contribution in [2.45, 2.75) is 19.3 Å². The van der Waals surface area contributed by atoms with Crippen LogP contribution < -0.4 is 10.7 Å². The first-order valence-electron chi connectivity index (χ1n) is 5.57. The van der Waals surface area contributed by atoms with Gasteiger partial charge in [-0.25, -0.2) is 9.80 Å². The molecule has 5 nitrogen and oxygen atoms in total. The maximum Gasteiger partial charge on any atom is 0.333 e. The summed E-state index contributed by atoms with van der Waals surface area (Å²) in [5.74, 6) is 0. The Morgan fingerprint density at radius 1 is 1.19 bits per heavy atom. The number of urea groups is 1. The van der Waals surface area contributed by atoms with Crippen molar-refractivity contribution in [3.05, 3.63) is 24.5 Å². The molecular weight excluding hydrogens is 204 g/mol. The molecule has 0 aliphatic carbocycles. The molecule has 1 saturated heterocycles. The van der Waals surface area contributed by atoms with Crippen LogP contribution in [0.1, 0.15) is 19.3 Å². The highest BCUT2D eigenvalue weighted by Gasteiger charge is 2.12. The summed E-state index contributed by atoms with van der Waals surface area (Å²) in [6.07, 6.45) is 6.85. The van der Waals surface area contributed by atoms with Crippen molar-refractivity contribution in [3.8, 4) is 0 Å². The normalized spacial score (nSPS) is 16.8. The Kier molecular flexibility index (Phi) is 3.71. The van der Waals surface area contributed by atoms with Gasteiger partial charge in [0.05, 0.1) is 0 Å². The lowest BCUT2D eigenvalue weighted by molar-refractivity contribution is 0.162. The summed E-state index contributed by atoms with van der Waals surface area (Å²) in [6, 6.07) is 3.33. The van der Waals surface area contributed by atoms with Gasteiger partial charge in [-0.15, -0.1) is 0 Å². The number of anilines is 1. The van der Waals surface area contributed by atoms with E-state index < -0.39 is 0 Å². The zero-order valence-electron chi connectivity index (χ0n) is 9.15. The first kappa shape index (κ1) is 10.9. The Labute approximate surface area is 94.8 Å². The van der Waals surface area contributed by atoms with Gasteiger partial charge in [0, 0.05) is 31.2 Å². The van der Waals surface area contributed by atoms with E-state index in [9.17, 15) is 4.79 Å². The minimum atomic E-state index is -0.187. The zero-order chi connectivity index (χ0) is 11.2. The molecule has 0 aromatic carbocycles. The van der Waals surface area contributed by atoms with Gasteiger partial charge in [0.1, 0.15) is 0 Å². The first-order chi connectivity index (χ1) is 7.84. The van der Waals surface area contributed by atoms with Crippen LogP contribution >= 0.6 is 0 Å². The quantitative estimate of drug-likeness (QED) is 0.796. The van der Waals surface area contributed by atoms with E-state index in [1.807, 2.05) is 5.01 Å². The van der Waals surface area contributed by atoms with Gasteiger partial charge >= 0.3 is 6.03 Å². The highest BCUT2D eigenvalue weighted by atomic mass is 16.2. The molecule has 1 aliphatic heterocycles. The number of nitrogens with zero attached hydrogens (tertiary/aromatic N) is 2. The van der Waals surface area contributed by atoms with Crippen molar-refractivity contribution < 1.29 is 4.79 Å². The minimum Gasteiger partial charge on any atom is -0.307 e. The molecule has 0 atom stereocenters. The van der Waals surface area contributed by atoms with E-state index in [1.165, 1.54) is 6.42 Å². The largest absolute Gasteiger partial charge is 0.333 e. The van der Waals surface area contributed by atoms with Crippen LogP contribution in [0, 0.1) is 0 Å². The number of pyridine rings is 1. The summed E-state index contributed by atoms with van der Waals surface area (Å²) in [4.78, 5) is 15.5. The summed E-state index contributed by atoms with van der Waals surface area (Å²) in [5, 5.41) is 4.72. The molecule has 5 heteroatoms. The van der Waals surface area contributed by atoms with Crippen LogP contribution in [0.15, 0.2) is 24.5 Å². The number of hydrogen-bond donors (Lipinski definition) is 2. The second kappa shape index (κ2) is 5.46. The van der Waals surface area contributed by atoms with Gasteiger partial charge in [0.25, 0.3) is 0 Å². The molecule has 1 aromatic heterocycles. The molecule has 86 valence electrons. The predicted octanol–water partition coefficient (Wildman–Crippen LogP) is 1.60. The third-order valence-corrected chi connectivity index (χ3v) is 2.55. The van der Waals surface area contributed by atoms with Crippen molar-refractivity contribution in [3.63, 3.8) is 0 Å². The fourth-order valence-corrected chi connectivity index (χ4v) is 1.74. The summed E-state index contributed by atoms with van der Waals surface area (Å²) >= 11 is 0. The Morgan fingerprint density at radius 2 is 1.88 bits per heavy atom. The van der Waals surface area contributed by atoms with Crippen LogP contribution in [0.2, 0.25) is 0 Å². The lowest BCUT2D eigenvalue weighted by atomic mass is 10.2. The van der Waals surface area contributed by atoms with Crippen molar-refractivity contribution in [2.24, 2.45) is 0 Å². The highest BCUT2D eigenvalue weighted by molar-refractivity contribution is 5.88. The number of carbonyl (C=O) groups is 1. The second-order valence-corrected chi connectivity index (χ2v) is 3.85. The average Bonchev–Trinajstić information content (AvgIpc) is 2.31. The molecule has 1 fully saturated rings. The number of amides is 2. The highest BCUT2D eigenvalue weighted by Crippen LogP contribution is 2.07. The third kappa shape index (κ3) is 3.20. The number of nitrogens with one attached hydrogen (secondary N) is 2. The third-order valence-electron chi connectivity index (χ3n) is 2.55. The smallest absolute Gasteiger partial charge is 0.307 e. The van der Waals surface area contributed by atoms with Crippen molar-refractivity contribution in [1.29, 1.82) is 0 Å². The van der Waals surface area contributed by atoms with Crippen LogP contribution in [0.5, 0.6) is 0 Å². The monoisotopic (exact) mass is 220 g/mol. The van der Waals surface area contributed by atoms with Gasteiger partial charge in [-0.1, -0.05) is 6.42 Å². The molecule has 1 aliphatic rings. The maximum absolute atomic E-state index is 11.6. The summed E-state index contributed by atoms with van der Waals surface area (Å²) in [7, 11) is 0. The number of hydrazine groups is 1. The van der Waals surface area contributed by atoms with Crippen LogP contribution in [-0.2, 0) is 0 Å². The van der Waals surface area contributed by atoms with E-state index in [4.69, 9.17) is 0 Å². The van der Waals surface area contributed by atoms with Gasteiger partial charge in [-0.2, -0.15) is 0 Å². The van der Waals surface area contributed by atoms with Crippen LogP contribution in [0.25, 0.3) is 0 Å². The molecule has 16 heavy (non-hydrogen) atoms. The maximum atomic E-state index is 11.6. The van der Waals surface area contributed by atoms with E-state index in [0.717, 1.165) is 31.6 Å². The standard InChI is InChI=1S/C11H16N4O/c16-11(13-10-4-6-12-7-5-10)14-15-8-2-1-3-9-15/h4-7H,1-3,8-9H2,(H2,12,13,14,16). The number of hydrogen-bond acceptors (Lipinski definition) is 3. The number of carbonyl (C=O) groups excluding carboxylic acids is 1. The molecule has 0 spiro atoms. The fourth-order valence-electron chi connectivity index (χ4n) is 1.74. The van der Waals surface area contributed by atoms with Gasteiger partial charge in [0.2, 0.25) is 0 Å². The van der Waals surface area contributed by atoms with Gasteiger partial charge in [-0.05, 0) is 25.0 Å². The Morgan fingerprint density at radius 3 is 2.56 bits per heavy atom. The molecule has 0 radical (unpaired) electrons. The number of rotatable bonds is 2. The van der Waals surface area contributed by atoms with Crippen LogP contribution in [-0.4, -0.2) is 29.1 Å². The van der Waals surface area contributed by atoms with Crippen molar-refractivity contribution >= 4 is 11.7 Å². The summed E-state index contributed by atoms with van der Waals surface area (Å²) in [5.41, 5.74) is 3.58. The van der Waals surface area contributed by atoms with Crippen LogP contribution in [0.3, 0.4) is 0 Å². The van der Waals surface area contributed by atoms with E-state index >= 15 is 0 Å². The molecule has 2 amide bonds. The van der Waals surface area contributed by atoms with Crippen molar-refractivity contribution in [1.82, 2.24) is 15.4 Å². The van der Waals surface area contributed by atoms with E-state index in [2.05, 4.69) is 15.7 Å². The Bertz CT molecular complexity index is 335. The summed E-state index contributed by atoms with van der Waals surface area (Å²) in [6.45, 7) is 1.87. The molecule has 1 aromatic rings. The minimum absolute atomic E-state index is 0.187. The second-order valence-electron chi connectivity index (χ2n) is 3.85.